The molecule has 1 heterocycles. The van der Waals surface area contributed by atoms with Crippen molar-refractivity contribution in [3.05, 3.63) is 198 Å². The monoisotopic (exact) mass is 738 g/mol. The highest BCUT2D eigenvalue weighted by atomic mass is 15.2. The molecule has 0 aliphatic heterocycles. The van der Waals surface area contributed by atoms with Gasteiger partial charge in [0, 0.05) is 39.8 Å². The van der Waals surface area contributed by atoms with E-state index in [1.54, 1.807) is 0 Å². The first-order chi connectivity index (χ1) is 27.9. The van der Waals surface area contributed by atoms with Crippen LogP contribution in [0.25, 0.3) is 54.8 Å². The molecule has 0 atom stereocenters. The normalized spacial score (nSPS) is 12.7. The van der Waals surface area contributed by atoms with E-state index in [1.807, 2.05) is 0 Å². The molecule has 10 rings (SSSR count). The van der Waals surface area contributed by atoms with Gasteiger partial charge in [-0.05, 0) is 114 Å². The fourth-order valence-electron chi connectivity index (χ4n) is 9.77. The highest BCUT2D eigenvalue weighted by Crippen LogP contribution is 2.57. The first-order valence-electron chi connectivity index (χ1n) is 20.5. The molecular weight excluding hydrogens is 689 g/mol. The van der Waals surface area contributed by atoms with Gasteiger partial charge in [0.2, 0.25) is 0 Å². The molecule has 280 valence electrons. The van der Waals surface area contributed by atoms with Crippen molar-refractivity contribution in [3.63, 3.8) is 0 Å². The Morgan fingerprint density at radius 2 is 1.05 bits per heavy atom. The van der Waals surface area contributed by atoms with Crippen LogP contribution in [0.3, 0.4) is 0 Å². The summed E-state index contributed by atoms with van der Waals surface area (Å²) in [7, 11) is 2.20. The lowest BCUT2D eigenvalue weighted by molar-refractivity contribution is 0.490. The number of aromatic nitrogens is 1. The molecule has 2 nitrogen and oxygen atoms in total. The molecule has 8 aromatic carbocycles. The van der Waals surface area contributed by atoms with Gasteiger partial charge < -0.3 is 9.47 Å². The van der Waals surface area contributed by atoms with Gasteiger partial charge >= 0.3 is 0 Å². The largest absolute Gasteiger partial charge is 0.342 e. The summed E-state index contributed by atoms with van der Waals surface area (Å²) < 4.78 is 2.37. The van der Waals surface area contributed by atoms with Crippen LogP contribution in [0.15, 0.2) is 170 Å². The zero-order chi connectivity index (χ0) is 39.3. The maximum Gasteiger partial charge on any atom is 0.0733 e. The SMILES string of the molecule is CCC1(CC)c2cc(C)ccc2-c2c1cc(N(c1ccccc1)c1cccc3c4ccccc4n(C)c13)c1ccccc21.Cc1ccccc1-c1ccccc1C. The molecule has 0 saturated carbocycles. The smallest absolute Gasteiger partial charge is 0.0733 e. The van der Waals surface area contributed by atoms with Crippen LogP contribution in [0.1, 0.15) is 54.5 Å². The van der Waals surface area contributed by atoms with E-state index in [0.29, 0.717) is 0 Å². The fourth-order valence-corrected chi connectivity index (χ4v) is 9.77. The van der Waals surface area contributed by atoms with Crippen molar-refractivity contribution >= 4 is 49.6 Å². The number of nitrogens with zero attached hydrogens (tertiary/aromatic N) is 2. The molecule has 57 heavy (non-hydrogen) atoms. The summed E-state index contributed by atoms with van der Waals surface area (Å²) in [6, 6.07) is 62.1. The van der Waals surface area contributed by atoms with Crippen LogP contribution in [-0.2, 0) is 12.5 Å². The molecule has 9 aromatic rings. The summed E-state index contributed by atoms with van der Waals surface area (Å²) >= 11 is 0. The molecule has 1 aliphatic rings. The van der Waals surface area contributed by atoms with Gasteiger partial charge in [0.25, 0.3) is 0 Å². The Labute approximate surface area is 337 Å². The third-order valence-corrected chi connectivity index (χ3v) is 12.7. The highest BCUT2D eigenvalue weighted by molar-refractivity contribution is 6.15. The number of fused-ring (bicyclic) bond motifs is 8. The van der Waals surface area contributed by atoms with Gasteiger partial charge in [-0.3, -0.25) is 0 Å². The van der Waals surface area contributed by atoms with Gasteiger partial charge in [-0.2, -0.15) is 0 Å². The lowest BCUT2D eigenvalue weighted by Crippen LogP contribution is -2.24. The summed E-state index contributed by atoms with van der Waals surface area (Å²) in [5, 5.41) is 5.17. The number of hydrogen-bond donors (Lipinski definition) is 0. The van der Waals surface area contributed by atoms with Crippen LogP contribution < -0.4 is 4.90 Å². The van der Waals surface area contributed by atoms with Crippen LogP contribution in [-0.4, -0.2) is 4.57 Å². The summed E-state index contributed by atoms with van der Waals surface area (Å²) in [5.74, 6) is 0. The molecule has 0 fully saturated rings. The van der Waals surface area contributed by atoms with Gasteiger partial charge in [-0.15, -0.1) is 0 Å². The average Bonchev–Trinajstić information content (AvgIpc) is 3.70. The van der Waals surface area contributed by atoms with Crippen molar-refractivity contribution in [2.24, 2.45) is 7.05 Å². The predicted molar refractivity (Wildman–Crippen MR) is 246 cm³/mol. The Hall–Kier alpha value is -6.38. The Bertz CT molecular complexity index is 2880. The molecule has 0 spiro atoms. The molecule has 0 bridgehead atoms. The number of hydrogen-bond acceptors (Lipinski definition) is 1. The zero-order valence-corrected chi connectivity index (χ0v) is 34.0. The first kappa shape index (κ1) is 36.3. The third-order valence-electron chi connectivity index (χ3n) is 12.7. The van der Waals surface area contributed by atoms with Crippen LogP contribution in [0.5, 0.6) is 0 Å². The molecule has 0 saturated heterocycles. The molecule has 0 amide bonds. The van der Waals surface area contributed by atoms with E-state index in [9.17, 15) is 0 Å². The molecule has 1 aromatic heterocycles. The van der Waals surface area contributed by atoms with E-state index in [-0.39, 0.29) is 5.41 Å². The van der Waals surface area contributed by atoms with Crippen molar-refractivity contribution in [2.75, 3.05) is 4.90 Å². The summed E-state index contributed by atoms with van der Waals surface area (Å²) in [6.45, 7) is 11.3. The summed E-state index contributed by atoms with van der Waals surface area (Å²) in [4.78, 5) is 2.51. The minimum Gasteiger partial charge on any atom is -0.342 e. The second-order valence-corrected chi connectivity index (χ2v) is 15.8. The third kappa shape index (κ3) is 5.86. The van der Waals surface area contributed by atoms with E-state index >= 15 is 0 Å². The van der Waals surface area contributed by atoms with Crippen molar-refractivity contribution < 1.29 is 0 Å². The van der Waals surface area contributed by atoms with Crippen molar-refractivity contribution in [1.29, 1.82) is 0 Å². The molecule has 0 N–H and O–H groups in total. The zero-order valence-electron chi connectivity index (χ0n) is 34.0. The van der Waals surface area contributed by atoms with Gasteiger partial charge in [0.15, 0.2) is 0 Å². The van der Waals surface area contributed by atoms with E-state index < -0.39 is 0 Å². The second-order valence-electron chi connectivity index (χ2n) is 15.8. The molecule has 1 aliphatic carbocycles. The van der Waals surface area contributed by atoms with E-state index in [4.69, 9.17) is 0 Å². The Morgan fingerprint density at radius 3 is 1.72 bits per heavy atom. The summed E-state index contributed by atoms with van der Waals surface area (Å²) in [6.07, 6.45) is 2.13. The van der Waals surface area contributed by atoms with Crippen molar-refractivity contribution in [1.82, 2.24) is 4.57 Å². The van der Waals surface area contributed by atoms with Crippen molar-refractivity contribution in [3.8, 4) is 22.3 Å². The summed E-state index contributed by atoms with van der Waals surface area (Å²) in [5.41, 5.74) is 18.5. The van der Waals surface area contributed by atoms with Crippen LogP contribution >= 0.6 is 0 Å². The number of anilines is 3. The highest BCUT2D eigenvalue weighted by Gasteiger charge is 2.42. The average molecular weight is 739 g/mol. The lowest BCUT2D eigenvalue weighted by atomic mass is 9.73. The molecular formula is C55H50N2. The Balaban J connectivity index is 0.000000255. The number of aryl methyl sites for hydroxylation is 4. The maximum atomic E-state index is 2.54. The van der Waals surface area contributed by atoms with Crippen LogP contribution in [0.2, 0.25) is 0 Å². The number of benzene rings is 8. The first-order valence-corrected chi connectivity index (χ1v) is 20.5. The predicted octanol–water partition coefficient (Wildman–Crippen LogP) is 15.3. The van der Waals surface area contributed by atoms with Gasteiger partial charge in [-0.1, -0.05) is 159 Å². The second kappa shape index (κ2) is 14.6. The molecule has 0 radical (unpaired) electrons. The van der Waals surface area contributed by atoms with E-state index in [2.05, 4.69) is 221 Å². The van der Waals surface area contributed by atoms with Gasteiger partial charge in [0.1, 0.15) is 0 Å². The number of para-hydroxylation sites is 3. The quantitative estimate of drug-likeness (QED) is 0.165. The minimum atomic E-state index is -0.0243. The molecule has 0 unspecified atom stereocenters. The van der Waals surface area contributed by atoms with Gasteiger partial charge in [0.05, 0.1) is 16.9 Å². The van der Waals surface area contributed by atoms with Crippen molar-refractivity contribution in [2.45, 2.75) is 52.9 Å². The Kier molecular flexibility index (Phi) is 9.29. The Morgan fingerprint density at radius 1 is 0.474 bits per heavy atom. The van der Waals surface area contributed by atoms with E-state index in [0.717, 1.165) is 18.5 Å². The molecule has 2 heteroatoms. The minimum absolute atomic E-state index is 0.0243. The van der Waals surface area contributed by atoms with E-state index in [1.165, 1.54) is 94.0 Å². The van der Waals surface area contributed by atoms with Gasteiger partial charge in [-0.25, -0.2) is 0 Å². The fraction of sp³-hybridized carbons (Fsp3) is 0.164. The maximum absolute atomic E-state index is 2.54. The van der Waals surface area contributed by atoms with Crippen LogP contribution in [0.4, 0.5) is 17.1 Å². The lowest BCUT2D eigenvalue weighted by Gasteiger charge is -2.33. The standard InChI is InChI=1S/C41H36N2.C14H14/c1-5-41(6-2)34-25-27(3)23-24-33(34)39-31-19-11-10-17-29(31)38(26-35(39)41)43(28-15-8-7-9-16-28)37-22-14-20-32-30-18-12-13-21-36(30)42(4)40(32)37;1-11-7-3-5-9-13(11)14-10-6-4-8-12(14)2/h7-26H,5-6H2,1-4H3;3-10H,1-2H3. The number of rotatable bonds is 6. The van der Waals surface area contributed by atoms with Crippen LogP contribution in [0, 0.1) is 20.8 Å². The topological polar surface area (TPSA) is 8.17 Å².